The third kappa shape index (κ3) is 5.13. The van der Waals surface area contributed by atoms with Crippen molar-refractivity contribution in [3.63, 3.8) is 0 Å². The molecule has 10 nitrogen and oxygen atoms in total. The Kier molecular flexibility index (Phi) is 6.49. The number of amides is 1. The summed E-state index contributed by atoms with van der Waals surface area (Å²) in [6, 6.07) is 11.8. The van der Waals surface area contributed by atoms with Gasteiger partial charge in [-0.2, -0.15) is 4.68 Å². The molecule has 1 aliphatic carbocycles. The van der Waals surface area contributed by atoms with Crippen molar-refractivity contribution in [2.75, 3.05) is 5.75 Å². The van der Waals surface area contributed by atoms with Gasteiger partial charge in [-0.25, -0.2) is 4.79 Å². The first kappa shape index (κ1) is 21.9. The minimum atomic E-state index is -0.972. The Bertz CT molecular complexity index is 1150. The fraction of sp³-hybridized carbons (Fsp3) is 0.286. The molecule has 11 heteroatoms. The number of aromatic carboxylic acids is 1. The van der Waals surface area contributed by atoms with E-state index in [9.17, 15) is 19.8 Å². The highest BCUT2D eigenvalue weighted by molar-refractivity contribution is 7.99. The highest BCUT2D eigenvalue weighted by Gasteiger charge is 2.29. The van der Waals surface area contributed by atoms with Crippen molar-refractivity contribution in [2.24, 2.45) is 5.73 Å². The summed E-state index contributed by atoms with van der Waals surface area (Å²) in [7, 11) is 0. The van der Waals surface area contributed by atoms with Crippen LogP contribution in [0.5, 0.6) is 0 Å². The number of nitrogens with two attached hydrogens (primary N) is 1. The summed E-state index contributed by atoms with van der Waals surface area (Å²) in [6.45, 7) is 0.357. The number of carbonyl (C=O) groups excluding carboxylic acids is 1. The highest BCUT2D eigenvalue weighted by atomic mass is 32.2. The minimum absolute atomic E-state index is 0.234. The lowest BCUT2D eigenvalue weighted by Gasteiger charge is -2.14. The molecule has 3 aromatic rings. The number of aromatic nitrogens is 4. The first-order valence-electron chi connectivity index (χ1n) is 10.0. The van der Waals surface area contributed by atoms with Gasteiger partial charge in [0.2, 0.25) is 11.1 Å². The molecule has 2 aromatic carbocycles. The van der Waals surface area contributed by atoms with Crippen LogP contribution in [-0.2, 0) is 6.54 Å². The molecule has 0 spiro atoms. The van der Waals surface area contributed by atoms with Crippen LogP contribution >= 0.6 is 11.8 Å². The summed E-state index contributed by atoms with van der Waals surface area (Å²) in [5, 5.41) is 35.0. The molecule has 1 fully saturated rings. The zero-order chi connectivity index (χ0) is 22.7. The molecule has 0 aliphatic heterocycles. The van der Waals surface area contributed by atoms with Gasteiger partial charge in [0.05, 0.1) is 11.3 Å². The van der Waals surface area contributed by atoms with Gasteiger partial charge in [0.25, 0.3) is 0 Å². The summed E-state index contributed by atoms with van der Waals surface area (Å²) in [5.41, 5.74) is 8.42. The van der Waals surface area contributed by atoms with Gasteiger partial charge in [0.1, 0.15) is 6.23 Å². The molecule has 0 bridgehead atoms. The monoisotopic (exact) mass is 454 g/mol. The topological polar surface area (TPSA) is 156 Å². The normalized spacial score (nSPS) is 14.3. The third-order valence-electron chi connectivity index (χ3n) is 5.08. The Balaban J connectivity index is 1.41. The summed E-state index contributed by atoms with van der Waals surface area (Å²) in [5.74, 6) is -0.895. The van der Waals surface area contributed by atoms with Gasteiger partial charge in [-0.3, -0.25) is 10.1 Å². The molecule has 1 aliphatic rings. The van der Waals surface area contributed by atoms with Crippen LogP contribution in [-0.4, -0.2) is 54.3 Å². The number of rotatable bonds is 10. The second kappa shape index (κ2) is 9.47. The van der Waals surface area contributed by atoms with Crippen LogP contribution in [0.1, 0.15) is 50.6 Å². The van der Waals surface area contributed by atoms with Crippen molar-refractivity contribution in [3.05, 3.63) is 64.7 Å². The number of primary amides is 1. The second-order valence-corrected chi connectivity index (χ2v) is 8.49. The van der Waals surface area contributed by atoms with E-state index in [-0.39, 0.29) is 11.3 Å². The number of nitrogens with one attached hydrogen (secondary N) is 1. The number of thioether (sulfide) groups is 1. The quantitative estimate of drug-likeness (QED) is 0.263. The Morgan fingerprint density at radius 2 is 2.03 bits per heavy atom. The minimum Gasteiger partial charge on any atom is -0.478 e. The fourth-order valence-corrected chi connectivity index (χ4v) is 4.08. The Labute approximate surface area is 187 Å². The van der Waals surface area contributed by atoms with Crippen LogP contribution in [0.2, 0.25) is 0 Å². The molecule has 1 heterocycles. The van der Waals surface area contributed by atoms with Gasteiger partial charge in [-0.05, 0) is 70.6 Å². The predicted molar refractivity (Wildman–Crippen MR) is 117 cm³/mol. The number of aliphatic hydroxyl groups is 1. The number of carboxylic acid groups (broad SMARTS) is 1. The molecule has 0 radical (unpaired) electrons. The summed E-state index contributed by atoms with van der Waals surface area (Å²) in [4.78, 5) is 22.6. The van der Waals surface area contributed by atoms with E-state index in [1.54, 1.807) is 35.0 Å². The number of carbonyl (C=O) groups is 2. The zero-order valence-corrected chi connectivity index (χ0v) is 17.8. The number of tetrazole rings is 1. The standard InChI is InChI=1S/C21H22N6O4S/c22-19(29)14-3-1-2-12(8-14)10-23-18(28)11-32-21-24-25-26-27(21)17-7-6-15(20(30)31)9-16(17)13-4-5-13/h1-3,6-9,13,18,23,28H,4-5,10-11H2,(H2,22,29)(H,30,31). The van der Waals surface area contributed by atoms with E-state index in [1.807, 2.05) is 6.07 Å². The van der Waals surface area contributed by atoms with E-state index in [4.69, 9.17) is 5.73 Å². The van der Waals surface area contributed by atoms with Gasteiger partial charge in [-0.1, -0.05) is 23.9 Å². The lowest BCUT2D eigenvalue weighted by molar-refractivity contribution is 0.0696. The molecule has 166 valence electrons. The number of benzene rings is 2. The van der Waals surface area contributed by atoms with Crippen LogP contribution in [0.25, 0.3) is 5.69 Å². The van der Waals surface area contributed by atoms with Gasteiger partial charge in [0, 0.05) is 17.9 Å². The van der Waals surface area contributed by atoms with Gasteiger partial charge in [0.15, 0.2) is 0 Å². The maximum absolute atomic E-state index is 11.3. The number of hydrogen-bond acceptors (Lipinski definition) is 8. The molecule has 32 heavy (non-hydrogen) atoms. The van der Waals surface area contributed by atoms with Crippen molar-refractivity contribution in [3.8, 4) is 5.69 Å². The Hall–Kier alpha value is -3.28. The van der Waals surface area contributed by atoms with Crippen molar-refractivity contribution in [1.82, 2.24) is 25.5 Å². The third-order valence-corrected chi connectivity index (χ3v) is 6.08. The predicted octanol–water partition coefficient (Wildman–Crippen LogP) is 1.54. The molecular formula is C21H22N6O4S. The highest BCUT2D eigenvalue weighted by Crippen LogP contribution is 2.43. The SMILES string of the molecule is NC(=O)c1cccc(CNC(O)CSc2nnnn2-c2ccc(C(=O)O)cc2C2CC2)c1. The summed E-state index contributed by atoms with van der Waals surface area (Å²) >= 11 is 1.28. The van der Waals surface area contributed by atoms with E-state index >= 15 is 0 Å². The maximum atomic E-state index is 11.3. The van der Waals surface area contributed by atoms with Crippen LogP contribution in [0.15, 0.2) is 47.6 Å². The summed E-state index contributed by atoms with van der Waals surface area (Å²) < 4.78 is 1.58. The molecule has 1 amide bonds. The van der Waals surface area contributed by atoms with Crippen LogP contribution < -0.4 is 11.1 Å². The molecule has 1 saturated carbocycles. The van der Waals surface area contributed by atoms with E-state index in [0.29, 0.717) is 23.2 Å². The average molecular weight is 455 g/mol. The Morgan fingerprint density at radius 1 is 1.22 bits per heavy atom. The van der Waals surface area contributed by atoms with Crippen LogP contribution in [0.3, 0.4) is 0 Å². The van der Waals surface area contributed by atoms with Crippen molar-refractivity contribution >= 4 is 23.6 Å². The molecule has 1 unspecified atom stereocenters. The lowest BCUT2D eigenvalue weighted by atomic mass is 10.0. The van der Waals surface area contributed by atoms with E-state index in [0.717, 1.165) is 29.7 Å². The number of carboxylic acids is 1. The summed E-state index contributed by atoms with van der Waals surface area (Å²) in [6.07, 6.45) is 1.15. The molecule has 0 saturated heterocycles. The second-order valence-electron chi connectivity index (χ2n) is 7.50. The van der Waals surface area contributed by atoms with Gasteiger partial charge < -0.3 is 15.9 Å². The molecule has 1 aromatic heterocycles. The van der Waals surface area contributed by atoms with Crippen molar-refractivity contribution in [2.45, 2.75) is 36.7 Å². The smallest absolute Gasteiger partial charge is 0.335 e. The van der Waals surface area contributed by atoms with E-state index in [1.165, 1.54) is 17.8 Å². The maximum Gasteiger partial charge on any atom is 0.335 e. The number of hydrogen-bond donors (Lipinski definition) is 4. The fourth-order valence-electron chi connectivity index (χ4n) is 3.30. The Morgan fingerprint density at radius 3 is 2.75 bits per heavy atom. The average Bonchev–Trinajstić information content (AvgIpc) is 3.53. The first-order chi connectivity index (χ1) is 15.4. The van der Waals surface area contributed by atoms with Crippen LogP contribution in [0, 0.1) is 0 Å². The first-order valence-corrected chi connectivity index (χ1v) is 11.0. The molecular weight excluding hydrogens is 432 g/mol. The molecule has 5 N–H and O–H groups in total. The van der Waals surface area contributed by atoms with E-state index in [2.05, 4.69) is 20.8 Å². The number of aliphatic hydroxyl groups excluding tert-OH is 1. The van der Waals surface area contributed by atoms with Gasteiger partial charge >= 0.3 is 5.97 Å². The lowest BCUT2D eigenvalue weighted by Crippen LogP contribution is -2.30. The van der Waals surface area contributed by atoms with Crippen LogP contribution in [0.4, 0.5) is 0 Å². The molecule has 1 atom stereocenters. The zero-order valence-electron chi connectivity index (χ0n) is 17.0. The number of nitrogens with zero attached hydrogens (tertiary/aromatic N) is 4. The largest absolute Gasteiger partial charge is 0.478 e. The van der Waals surface area contributed by atoms with Crippen molar-refractivity contribution < 1.29 is 19.8 Å². The van der Waals surface area contributed by atoms with Gasteiger partial charge in [-0.15, -0.1) is 5.10 Å². The van der Waals surface area contributed by atoms with E-state index < -0.39 is 18.1 Å². The van der Waals surface area contributed by atoms with Crippen molar-refractivity contribution in [1.29, 1.82) is 0 Å². The molecule has 4 rings (SSSR count).